The van der Waals surface area contributed by atoms with E-state index in [1.54, 1.807) is 0 Å². The van der Waals surface area contributed by atoms with E-state index in [4.69, 9.17) is 4.74 Å². The van der Waals surface area contributed by atoms with Crippen LogP contribution in [-0.4, -0.2) is 23.4 Å². The predicted octanol–water partition coefficient (Wildman–Crippen LogP) is 2.67. The Morgan fingerprint density at radius 2 is 1.94 bits per heavy atom. The highest BCUT2D eigenvalue weighted by Gasteiger charge is 2.32. The molecule has 86 valence electrons. The molecule has 1 aromatic rings. The molecule has 1 fully saturated rings. The molecule has 1 saturated heterocycles. The predicted molar refractivity (Wildman–Crippen MR) is 66.6 cm³/mol. The van der Waals surface area contributed by atoms with Gasteiger partial charge in [0.25, 0.3) is 0 Å². The van der Waals surface area contributed by atoms with Crippen LogP contribution in [0.15, 0.2) is 30.3 Å². The molecule has 1 heterocycles. The summed E-state index contributed by atoms with van der Waals surface area (Å²) in [6, 6.07) is 10.0. The van der Waals surface area contributed by atoms with Gasteiger partial charge in [-0.3, -0.25) is 0 Å². The Hall–Kier alpha value is -0.800. The van der Waals surface area contributed by atoms with E-state index in [0.29, 0.717) is 6.61 Å². The standard InChI is InChI=1S/C13H16O2S/c14-11-13(6-8-16-9-7-13)15-10-12-4-2-1-3-5-12/h1-5,11H,6-10H2. The van der Waals surface area contributed by atoms with Gasteiger partial charge in [-0.05, 0) is 29.9 Å². The largest absolute Gasteiger partial charge is 0.363 e. The van der Waals surface area contributed by atoms with E-state index in [9.17, 15) is 4.79 Å². The zero-order chi connectivity index (χ0) is 11.3. The maximum absolute atomic E-state index is 11.2. The van der Waals surface area contributed by atoms with Crippen molar-refractivity contribution in [3.63, 3.8) is 0 Å². The molecule has 0 radical (unpaired) electrons. The summed E-state index contributed by atoms with van der Waals surface area (Å²) in [7, 11) is 0. The van der Waals surface area contributed by atoms with Gasteiger partial charge in [-0.25, -0.2) is 0 Å². The summed E-state index contributed by atoms with van der Waals surface area (Å²) in [5.41, 5.74) is 0.600. The van der Waals surface area contributed by atoms with Crippen molar-refractivity contribution in [2.24, 2.45) is 0 Å². The Labute approximate surface area is 100 Å². The van der Waals surface area contributed by atoms with Gasteiger partial charge in [-0.2, -0.15) is 11.8 Å². The first-order valence-corrected chi connectivity index (χ1v) is 6.72. The highest BCUT2D eigenvalue weighted by atomic mass is 32.2. The fourth-order valence-corrected chi connectivity index (χ4v) is 3.00. The van der Waals surface area contributed by atoms with Gasteiger partial charge in [0.1, 0.15) is 5.60 Å². The average Bonchev–Trinajstić information content (AvgIpc) is 2.39. The van der Waals surface area contributed by atoms with Crippen LogP contribution in [0.4, 0.5) is 0 Å². The number of carbonyl (C=O) groups is 1. The second-order valence-corrected chi connectivity index (χ2v) is 5.29. The topological polar surface area (TPSA) is 26.3 Å². The molecule has 1 aromatic carbocycles. The molecule has 0 aliphatic carbocycles. The molecule has 0 N–H and O–H groups in total. The third-order valence-electron chi connectivity index (χ3n) is 2.92. The van der Waals surface area contributed by atoms with Gasteiger partial charge in [-0.1, -0.05) is 30.3 Å². The number of thioether (sulfide) groups is 1. The van der Waals surface area contributed by atoms with E-state index in [2.05, 4.69) is 0 Å². The van der Waals surface area contributed by atoms with Gasteiger partial charge >= 0.3 is 0 Å². The molecule has 0 unspecified atom stereocenters. The van der Waals surface area contributed by atoms with Gasteiger partial charge in [-0.15, -0.1) is 0 Å². The number of hydrogen-bond acceptors (Lipinski definition) is 3. The summed E-state index contributed by atoms with van der Waals surface area (Å²) in [6.07, 6.45) is 2.68. The summed E-state index contributed by atoms with van der Waals surface area (Å²) in [6.45, 7) is 0.532. The Balaban J connectivity index is 1.94. The molecule has 1 aliphatic heterocycles. The molecule has 0 amide bonds. The van der Waals surface area contributed by atoms with Crippen molar-refractivity contribution in [3.05, 3.63) is 35.9 Å². The van der Waals surface area contributed by atoms with Crippen LogP contribution < -0.4 is 0 Å². The summed E-state index contributed by atoms with van der Waals surface area (Å²) >= 11 is 1.90. The molecule has 0 atom stereocenters. The monoisotopic (exact) mass is 236 g/mol. The average molecular weight is 236 g/mol. The van der Waals surface area contributed by atoms with E-state index in [1.807, 2.05) is 42.1 Å². The van der Waals surface area contributed by atoms with Crippen molar-refractivity contribution in [1.29, 1.82) is 0 Å². The van der Waals surface area contributed by atoms with Crippen LogP contribution >= 0.6 is 11.8 Å². The van der Waals surface area contributed by atoms with Gasteiger partial charge in [0.15, 0.2) is 6.29 Å². The molecular weight excluding hydrogens is 220 g/mol. The lowest BCUT2D eigenvalue weighted by Gasteiger charge is -2.31. The molecule has 0 aromatic heterocycles. The number of carbonyl (C=O) groups excluding carboxylic acids is 1. The Bertz CT molecular complexity index is 331. The molecule has 0 spiro atoms. The summed E-state index contributed by atoms with van der Waals surface area (Å²) < 4.78 is 5.82. The third kappa shape index (κ3) is 2.86. The molecule has 0 saturated carbocycles. The van der Waals surface area contributed by atoms with E-state index >= 15 is 0 Å². The van der Waals surface area contributed by atoms with Crippen LogP contribution in [0.3, 0.4) is 0 Å². The lowest BCUT2D eigenvalue weighted by atomic mass is 9.98. The summed E-state index contributed by atoms with van der Waals surface area (Å²) in [5, 5.41) is 0. The first-order valence-electron chi connectivity index (χ1n) is 5.57. The van der Waals surface area contributed by atoms with Crippen molar-refractivity contribution in [2.45, 2.75) is 25.0 Å². The number of ether oxygens (including phenoxy) is 1. The second-order valence-electron chi connectivity index (χ2n) is 4.07. The van der Waals surface area contributed by atoms with E-state index < -0.39 is 5.60 Å². The number of benzene rings is 1. The van der Waals surface area contributed by atoms with Crippen molar-refractivity contribution >= 4 is 18.0 Å². The minimum absolute atomic E-state index is 0.527. The van der Waals surface area contributed by atoms with Crippen LogP contribution in [0.5, 0.6) is 0 Å². The second kappa shape index (κ2) is 5.51. The lowest BCUT2D eigenvalue weighted by Crippen LogP contribution is -2.38. The lowest BCUT2D eigenvalue weighted by molar-refractivity contribution is -0.134. The fraction of sp³-hybridized carbons (Fsp3) is 0.462. The third-order valence-corrected chi connectivity index (χ3v) is 3.91. The van der Waals surface area contributed by atoms with Crippen molar-refractivity contribution in [3.8, 4) is 0 Å². The molecule has 3 heteroatoms. The van der Waals surface area contributed by atoms with Crippen molar-refractivity contribution in [2.75, 3.05) is 11.5 Å². The van der Waals surface area contributed by atoms with Crippen molar-refractivity contribution in [1.82, 2.24) is 0 Å². The van der Waals surface area contributed by atoms with Gasteiger partial charge in [0.2, 0.25) is 0 Å². The molecule has 16 heavy (non-hydrogen) atoms. The van der Waals surface area contributed by atoms with Crippen LogP contribution in [0.2, 0.25) is 0 Å². The van der Waals surface area contributed by atoms with Crippen LogP contribution in [0, 0.1) is 0 Å². The zero-order valence-corrected chi connectivity index (χ0v) is 10.0. The van der Waals surface area contributed by atoms with E-state index in [1.165, 1.54) is 0 Å². The van der Waals surface area contributed by atoms with Crippen LogP contribution in [-0.2, 0) is 16.1 Å². The maximum Gasteiger partial charge on any atom is 0.151 e. The Kier molecular flexibility index (Phi) is 4.02. The number of hydrogen-bond donors (Lipinski definition) is 0. The van der Waals surface area contributed by atoms with Gasteiger partial charge in [0, 0.05) is 0 Å². The fourth-order valence-electron chi connectivity index (χ4n) is 1.81. The van der Waals surface area contributed by atoms with Crippen LogP contribution in [0.25, 0.3) is 0 Å². The first-order chi connectivity index (χ1) is 7.85. The number of aldehydes is 1. The highest BCUT2D eigenvalue weighted by Crippen LogP contribution is 2.29. The van der Waals surface area contributed by atoms with E-state index in [0.717, 1.165) is 36.2 Å². The molecule has 2 nitrogen and oxygen atoms in total. The minimum atomic E-state index is -0.527. The van der Waals surface area contributed by atoms with Gasteiger partial charge in [0.05, 0.1) is 6.61 Å². The normalized spacial score (nSPS) is 19.2. The maximum atomic E-state index is 11.2. The smallest absolute Gasteiger partial charge is 0.151 e. The van der Waals surface area contributed by atoms with Gasteiger partial charge < -0.3 is 9.53 Å². The van der Waals surface area contributed by atoms with Crippen molar-refractivity contribution < 1.29 is 9.53 Å². The quantitative estimate of drug-likeness (QED) is 0.752. The summed E-state index contributed by atoms with van der Waals surface area (Å²) in [5.74, 6) is 2.04. The molecule has 0 bridgehead atoms. The Morgan fingerprint density at radius 3 is 2.56 bits per heavy atom. The summed E-state index contributed by atoms with van der Waals surface area (Å²) in [4.78, 5) is 11.2. The molecule has 1 aliphatic rings. The van der Waals surface area contributed by atoms with E-state index in [-0.39, 0.29) is 0 Å². The highest BCUT2D eigenvalue weighted by molar-refractivity contribution is 7.99. The van der Waals surface area contributed by atoms with Crippen LogP contribution in [0.1, 0.15) is 18.4 Å². The Morgan fingerprint density at radius 1 is 1.25 bits per heavy atom. The minimum Gasteiger partial charge on any atom is -0.363 e. The zero-order valence-electron chi connectivity index (χ0n) is 9.22. The first kappa shape index (κ1) is 11.7. The molecular formula is C13H16O2S. The number of rotatable bonds is 4. The SMILES string of the molecule is O=CC1(OCc2ccccc2)CCSCC1. The molecule has 2 rings (SSSR count).